The second-order valence-corrected chi connectivity index (χ2v) is 12.4. The summed E-state index contributed by atoms with van der Waals surface area (Å²) < 4.78 is 11.4. The number of fused-ring (bicyclic) bond motifs is 3. The molecular weight excluding hydrogens is 544 g/mol. The van der Waals surface area contributed by atoms with Crippen molar-refractivity contribution in [3.8, 4) is 0 Å². The van der Waals surface area contributed by atoms with Crippen LogP contribution in [0.1, 0.15) is 85.5 Å². The minimum Gasteiger partial charge on any atom is -0.473 e. The molecule has 11 heteroatoms. The number of aliphatic imine (C=N–C) groups is 2. The van der Waals surface area contributed by atoms with Crippen LogP contribution < -0.4 is 10.6 Å². The highest BCUT2D eigenvalue weighted by molar-refractivity contribution is 8.13. The van der Waals surface area contributed by atoms with Gasteiger partial charge in [-0.25, -0.2) is 9.79 Å². The van der Waals surface area contributed by atoms with Gasteiger partial charge in [-0.15, -0.1) is 0 Å². The molecule has 3 heterocycles. The van der Waals surface area contributed by atoms with Crippen LogP contribution in [0, 0.1) is 5.92 Å². The third-order valence-corrected chi connectivity index (χ3v) is 8.06. The SMILES string of the molecule is CCCCCCCC(=O)SCC/C=C/[C@@H]1CC(=O)NCC2=NC(=CC2)C2=N[C@@](C)(CO2)C(=O)N[C@@H](C(C)C)C(=O)O1. The molecule has 0 unspecified atom stereocenters. The standard InChI is InChI=1S/C30H44N4O6S/c1-5-6-7-8-9-13-25(36)41-16-11-10-12-22-17-24(35)31-18-21-14-15-23(32-21)27-34-30(4,19-39-27)29(38)33-26(20(2)3)28(37)40-22/h10,12,15,20,22,26H,5-9,11,13-14,16-19H2,1-4H3,(H,31,35)(H,33,38)/b12-10+/t22-,26+,30+/m1/s1. The van der Waals surface area contributed by atoms with E-state index in [2.05, 4.69) is 27.5 Å². The van der Waals surface area contributed by atoms with E-state index in [4.69, 9.17) is 9.47 Å². The Bertz CT molecular complexity index is 1100. The summed E-state index contributed by atoms with van der Waals surface area (Å²) in [7, 11) is 0. The highest BCUT2D eigenvalue weighted by Crippen LogP contribution is 2.25. The molecule has 0 aliphatic carbocycles. The molecule has 3 aliphatic heterocycles. The van der Waals surface area contributed by atoms with Gasteiger partial charge in [0.1, 0.15) is 24.4 Å². The third kappa shape index (κ3) is 10.1. The number of unbranched alkanes of at least 4 members (excludes halogenated alkanes) is 4. The van der Waals surface area contributed by atoms with Gasteiger partial charge >= 0.3 is 5.97 Å². The Morgan fingerprint density at radius 1 is 1.22 bits per heavy atom. The summed E-state index contributed by atoms with van der Waals surface area (Å²) in [6.45, 7) is 7.70. The van der Waals surface area contributed by atoms with Crippen molar-refractivity contribution in [3.63, 3.8) is 0 Å². The Kier molecular flexibility index (Phi) is 12.6. The number of hydrogen-bond acceptors (Lipinski definition) is 9. The van der Waals surface area contributed by atoms with Gasteiger partial charge in [0.2, 0.25) is 11.8 Å². The first-order valence-corrected chi connectivity index (χ1v) is 15.7. The van der Waals surface area contributed by atoms with E-state index in [1.54, 1.807) is 13.0 Å². The predicted octanol–water partition coefficient (Wildman–Crippen LogP) is 4.04. The van der Waals surface area contributed by atoms with E-state index in [1.165, 1.54) is 31.0 Å². The molecule has 0 fully saturated rings. The number of thioether (sulfide) groups is 1. The van der Waals surface area contributed by atoms with Crippen molar-refractivity contribution in [2.75, 3.05) is 18.9 Å². The minimum absolute atomic E-state index is 0.0255. The maximum atomic E-state index is 13.2. The molecule has 3 aliphatic rings. The first-order chi connectivity index (χ1) is 19.6. The average Bonchev–Trinajstić information content (AvgIpc) is 3.56. The quantitative estimate of drug-likeness (QED) is 0.211. The van der Waals surface area contributed by atoms with Gasteiger partial charge in [-0.1, -0.05) is 64.3 Å². The third-order valence-electron chi connectivity index (χ3n) is 7.09. The van der Waals surface area contributed by atoms with Crippen molar-refractivity contribution >= 4 is 46.3 Å². The van der Waals surface area contributed by atoms with E-state index in [9.17, 15) is 19.2 Å². The second-order valence-electron chi connectivity index (χ2n) is 11.2. The predicted molar refractivity (Wildman–Crippen MR) is 161 cm³/mol. The molecule has 0 spiro atoms. The molecule has 2 N–H and O–H groups in total. The molecule has 41 heavy (non-hydrogen) atoms. The Morgan fingerprint density at radius 2 is 2.00 bits per heavy atom. The number of nitrogens with one attached hydrogen (secondary N) is 2. The minimum atomic E-state index is -1.21. The van der Waals surface area contributed by atoms with Crippen LogP contribution in [0.3, 0.4) is 0 Å². The molecule has 0 aromatic rings. The summed E-state index contributed by atoms with van der Waals surface area (Å²) in [5.74, 6) is -0.760. The number of allylic oxidation sites excluding steroid dienone is 2. The maximum absolute atomic E-state index is 13.2. The van der Waals surface area contributed by atoms with Gasteiger partial charge in [-0.2, -0.15) is 0 Å². The first kappa shape index (κ1) is 32.6. The van der Waals surface area contributed by atoms with Crippen molar-refractivity contribution in [2.24, 2.45) is 15.9 Å². The number of hydrogen-bond donors (Lipinski definition) is 2. The number of carbonyl (C=O) groups is 4. The Morgan fingerprint density at radius 3 is 2.76 bits per heavy atom. The fourth-order valence-electron chi connectivity index (χ4n) is 4.52. The van der Waals surface area contributed by atoms with Crippen LogP contribution in [0.5, 0.6) is 0 Å². The van der Waals surface area contributed by atoms with E-state index in [1.807, 2.05) is 26.0 Å². The molecule has 226 valence electrons. The van der Waals surface area contributed by atoms with Crippen molar-refractivity contribution < 1.29 is 28.7 Å². The van der Waals surface area contributed by atoms with Gasteiger partial charge in [-0.3, -0.25) is 19.4 Å². The van der Waals surface area contributed by atoms with Crippen molar-refractivity contribution in [3.05, 3.63) is 23.9 Å². The summed E-state index contributed by atoms with van der Waals surface area (Å²) in [6.07, 6.45) is 11.7. The van der Waals surface area contributed by atoms with Crippen molar-refractivity contribution in [1.29, 1.82) is 0 Å². The van der Waals surface area contributed by atoms with Gasteiger partial charge in [0.05, 0.1) is 13.0 Å². The summed E-state index contributed by atoms with van der Waals surface area (Å²) in [4.78, 5) is 60.4. The van der Waals surface area contributed by atoms with Gasteiger partial charge in [-0.05, 0) is 37.8 Å². The zero-order valence-corrected chi connectivity index (χ0v) is 25.5. The van der Waals surface area contributed by atoms with Crippen LogP contribution in [-0.4, -0.2) is 71.1 Å². The zero-order chi connectivity index (χ0) is 29.8. The maximum Gasteiger partial charge on any atom is 0.329 e. The van der Waals surface area contributed by atoms with E-state index >= 15 is 0 Å². The summed E-state index contributed by atoms with van der Waals surface area (Å²) in [5.41, 5.74) is 0.0593. The lowest BCUT2D eigenvalue weighted by Gasteiger charge is -2.26. The smallest absolute Gasteiger partial charge is 0.329 e. The highest BCUT2D eigenvalue weighted by atomic mass is 32.2. The molecule has 0 saturated heterocycles. The number of carbonyl (C=O) groups excluding carboxylic acids is 4. The van der Waals surface area contributed by atoms with E-state index in [-0.39, 0.29) is 42.4 Å². The Labute approximate surface area is 247 Å². The van der Waals surface area contributed by atoms with Gasteiger partial charge in [0.25, 0.3) is 5.91 Å². The first-order valence-electron chi connectivity index (χ1n) is 14.7. The number of nitrogens with zero attached hydrogens (tertiary/aromatic N) is 2. The lowest BCUT2D eigenvalue weighted by atomic mass is 10.00. The van der Waals surface area contributed by atoms with Crippen LogP contribution in [0.2, 0.25) is 0 Å². The van der Waals surface area contributed by atoms with Gasteiger partial charge in [0.15, 0.2) is 10.7 Å². The van der Waals surface area contributed by atoms with Crippen molar-refractivity contribution in [2.45, 2.75) is 103 Å². The van der Waals surface area contributed by atoms with Crippen molar-refractivity contribution in [1.82, 2.24) is 10.6 Å². The number of amides is 2. The lowest BCUT2D eigenvalue weighted by molar-refractivity contribution is -0.153. The van der Waals surface area contributed by atoms with Crippen LogP contribution in [0.4, 0.5) is 0 Å². The molecule has 0 saturated carbocycles. The van der Waals surface area contributed by atoms with Crippen LogP contribution in [0.15, 0.2) is 33.9 Å². The molecule has 0 aromatic heterocycles. The van der Waals surface area contributed by atoms with Crippen LogP contribution in [0.25, 0.3) is 0 Å². The molecule has 2 amide bonds. The number of cyclic esters (lactones) is 1. The Hall–Kier alpha value is -2.95. The molecule has 0 radical (unpaired) electrons. The molecule has 4 bridgehead atoms. The zero-order valence-electron chi connectivity index (χ0n) is 24.7. The topological polar surface area (TPSA) is 136 Å². The number of ether oxygens (including phenoxy) is 2. The van der Waals surface area contributed by atoms with Crippen LogP contribution >= 0.6 is 11.8 Å². The summed E-state index contributed by atoms with van der Waals surface area (Å²) >= 11 is 1.31. The summed E-state index contributed by atoms with van der Waals surface area (Å²) in [5, 5.41) is 5.82. The Balaban J connectivity index is 1.65. The average molecular weight is 589 g/mol. The normalized spacial score (nSPS) is 25.3. The molecular formula is C30H44N4O6S. The van der Waals surface area contributed by atoms with E-state index < -0.39 is 29.6 Å². The van der Waals surface area contributed by atoms with Crippen LogP contribution in [-0.2, 0) is 28.7 Å². The molecule has 3 rings (SSSR count). The molecule has 3 atom stereocenters. The second kappa shape index (κ2) is 15.9. The fourth-order valence-corrected chi connectivity index (χ4v) is 5.29. The largest absolute Gasteiger partial charge is 0.473 e. The molecule has 0 aromatic carbocycles. The number of esters is 1. The van der Waals surface area contributed by atoms with E-state index in [0.717, 1.165) is 18.6 Å². The molecule has 10 nitrogen and oxygen atoms in total. The summed E-state index contributed by atoms with van der Waals surface area (Å²) in [6, 6.07) is -0.939. The van der Waals surface area contributed by atoms with Gasteiger partial charge in [0, 0.05) is 24.3 Å². The number of rotatable bonds is 11. The van der Waals surface area contributed by atoms with Gasteiger partial charge < -0.3 is 20.1 Å². The lowest BCUT2D eigenvalue weighted by Crippen LogP contribution is -2.53. The monoisotopic (exact) mass is 588 g/mol. The van der Waals surface area contributed by atoms with E-state index in [0.29, 0.717) is 30.7 Å². The fraction of sp³-hybridized carbons (Fsp3) is 0.667. The highest BCUT2D eigenvalue weighted by Gasteiger charge is 2.43.